The highest BCUT2D eigenvalue weighted by Crippen LogP contribution is 2.13. The maximum atomic E-state index is 12.9. The van der Waals surface area contributed by atoms with E-state index in [4.69, 9.17) is 0 Å². The Morgan fingerprint density at radius 2 is 1.91 bits per heavy atom. The molecule has 0 aliphatic heterocycles. The Hall–Kier alpha value is -3.92. The molecule has 3 aromatic heterocycles. The number of fused-ring (bicyclic) bond motifs is 2. The molecule has 0 saturated carbocycles. The van der Waals surface area contributed by atoms with E-state index >= 15 is 0 Å². The Balaban J connectivity index is 1.27. The van der Waals surface area contributed by atoms with E-state index in [-0.39, 0.29) is 11.5 Å². The number of nitrogens with one attached hydrogen (secondary N) is 1. The van der Waals surface area contributed by atoms with Crippen molar-refractivity contribution in [2.24, 2.45) is 0 Å². The van der Waals surface area contributed by atoms with Crippen LogP contribution in [0.2, 0.25) is 0 Å². The van der Waals surface area contributed by atoms with Gasteiger partial charge in [0.05, 0.1) is 31.0 Å². The Morgan fingerprint density at radius 1 is 1.09 bits per heavy atom. The molecule has 0 fully saturated rings. The first kappa shape index (κ1) is 20.0. The van der Waals surface area contributed by atoms with Crippen LogP contribution in [0.25, 0.3) is 22.1 Å². The van der Waals surface area contributed by atoms with Crippen molar-refractivity contribution in [3.8, 4) is 0 Å². The smallest absolute Gasteiger partial charge is 0.264 e. The summed E-state index contributed by atoms with van der Waals surface area (Å²) in [6, 6.07) is 13.3. The summed E-state index contributed by atoms with van der Waals surface area (Å²) in [5.41, 5.74) is 4.55. The van der Waals surface area contributed by atoms with Crippen LogP contribution in [0.15, 0.2) is 59.8 Å². The summed E-state index contributed by atoms with van der Waals surface area (Å²) in [6.45, 7) is 3.21. The van der Waals surface area contributed by atoms with Gasteiger partial charge in [0.25, 0.3) is 11.5 Å². The first-order valence-corrected chi connectivity index (χ1v) is 10.8. The summed E-state index contributed by atoms with van der Waals surface area (Å²) < 4.78 is 11.5. The summed E-state index contributed by atoms with van der Waals surface area (Å²) in [5, 5.41) is 7.61. The van der Waals surface area contributed by atoms with Crippen molar-refractivity contribution in [1.82, 2.24) is 33.4 Å². The van der Waals surface area contributed by atoms with Crippen molar-refractivity contribution in [1.29, 1.82) is 0 Å². The first-order valence-electron chi connectivity index (χ1n) is 10.1. The summed E-state index contributed by atoms with van der Waals surface area (Å²) in [5.74, 6) is -0.204. The van der Waals surface area contributed by atoms with Crippen molar-refractivity contribution in [2.75, 3.05) is 6.54 Å². The normalized spacial score (nSPS) is 11.3. The van der Waals surface area contributed by atoms with Gasteiger partial charge in [0.1, 0.15) is 22.7 Å². The second kappa shape index (κ2) is 8.31. The standard InChI is InChI=1S/C22H19N7O2S/c1-14-2-4-15(5-3-14)12-28-13-24-20-17(22(28)31)11-25-29(20)9-8-23-21(30)16-6-7-18-19(10-16)27-32-26-18/h2-7,10-11,13H,8-9,12H2,1H3,(H,23,30). The molecular formula is C22H19N7O2S. The number of aryl methyl sites for hydroxylation is 1. The molecule has 0 bridgehead atoms. The average Bonchev–Trinajstić information content (AvgIpc) is 3.44. The third-order valence-electron chi connectivity index (χ3n) is 5.22. The second-order valence-corrected chi connectivity index (χ2v) is 8.02. The Bertz CT molecular complexity index is 1480. The summed E-state index contributed by atoms with van der Waals surface area (Å²) in [4.78, 5) is 29.7. The van der Waals surface area contributed by atoms with Crippen LogP contribution in [-0.2, 0) is 13.1 Å². The van der Waals surface area contributed by atoms with E-state index in [2.05, 4.69) is 24.1 Å². The number of aromatic nitrogens is 6. The molecule has 1 amide bonds. The van der Waals surface area contributed by atoms with Crippen LogP contribution >= 0.6 is 11.7 Å². The fourth-order valence-electron chi connectivity index (χ4n) is 3.46. The number of carbonyl (C=O) groups excluding carboxylic acids is 1. The van der Waals surface area contributed by atoms with E-state index in [9.17, 15) is 9.59 Å². The van der Waals surface area contributed by atoms with Gasteiger partial charge in [0, 0.05) is 12.1 Å². The van der Waals surface area contributed by atoms with Gasteiger partial charge in [-0.2, -0.15) is 13.8 Å². The Labute approximate surface area is 186 Å². The molecule has 10 heteroatoms. The van der Waals surface area contributed by atoms with Crippen LogP contribution in [0.5, 0.6) is 0 Å². The van der Waals surface area contributed by atoms with Crippen LogP contribution in [-0.4, -0.2) is 40.5 Å². The lowest BCUT2D eigenvalue weighted by molar-refractivity contribution is 0.0952. The van der Waals surface area contributed by atoms with E-state index < -0.39 is 0 Å². The lowest BCUT2D eigenvalue weighted by Crippen LogP contribution is -2.27. The zero-order valence-electron chi connectivity index (χ0n) is 17.2. The zero-order valence-corrected chi connectivity index (χ0v) is 18.0. The zero-order chi connectivity index (χ0) is 22.1. The molecule has 0 aliphatic carbocycles. The van der Waals surface area contributed by atoms with Gasteiger partial charge in [-0.3, -0.25) is 14.2 Å². The van der Waals surface area contributed by atoms with Gasteiger partial charge >= 0.3 is 0 Å². The lowest BCUT2D eigenvalue weighted by atomic mass is 10.1. The molecule has 5 rings (SSSR count). The number of benzene rings is 2. The maximum absolute atomic E-state index is 12.9. The van der Waals surface area contributed by atoms with E-state index in [1.165, 1.54) is 11.8 Å². The van der Waals surface area contributed by atoms with Crippen molar-refractivity contribution >= 4 is 39.7 Å². The van der Waals surface area contributed by atoms with Crippen LogP contribution in [0, 0.1) is 6.92 Å². The highest BCUT2D eigenvalue weighted by molar-refractivity contribution is 7.00. The minimum Gasteiger partial charge on any atom is -0.350 e. The predicted molar refractivity (Wildman–Crippen MR) is 122 cm³/mol. The molecule has 160 valence electrons. The maximum Gasteiger partial charge on any atom is 0.264 e. The quantitative estimate of drug-likeness (QED) is 0.430. The third kappa shape index (κ3) is 3.87. The minimum absolute atomic E-state index is 0.143. The Kier molecular flexibility index (Phi) is 5.20. The molecule has 2 aromatic carbocycles. The van der Waals surface area contributed by atoms with Gasteiger partial charge < -0.3 is 5.32 Å². The molecule has 1 N–H and O–H groups in total. The van der Waals surface area contributed by atoms with Crippen molar-refractivity contribution in [2.45, 2.75) is 20.0 Å². The van der Waals surface area contributed by atoms with Gasteiger partial charge in [-0.15, -0.1) is 0 Å². The van der Waals surface area contributed by atoms with Gasteiger partial charge in [0.15, 0.2) is 5.65 Å². The SMILES string of the molecule is Cc1ccc(Cn2cnc3c(cnn3CCNC(=O)c3ccc4nsnc4c3)c2=O)cc1. The molecule has 5 aromatic rings. The van der Waals surface area contributed by atoms with Gasteiger partial charge in [-0.25, -0.2) is 9.67 Å². The van der Waals surface area contributed by atoms with E-state index in [0.29, 0.717) is 41.7 Å². The fraction of sp³-hybridized carbons (Fsp3) is 0.182. The van der Waals surface area contributed by atoms with Crippen molar-refractivity contribution < 1.29 is 4.79 Å². The van der Waals surface area contributed by atoms with E-state index in [1.807, 2.05) is 31.2 Å². The topological polar surface area (TPSA) is 108 Å². The van der Waals surface area contributed by atoms with Gasteiger partial charge in [-0.05, 0) is 30.7 Å². The summed E-state index contributed by atoms with van der Waals surface area (Å²) >= 11 is 1.12. The third-order valence-corrected chi connectivity index (χ3v) is 5.78. The van der Waals surface area contributed by atoms with Crippen molar-refractivity contribution in [3.05, 3.63) is 82.0 Å². The summed E-state index contributed by atoms with van der Waals surface area (Å²) in [6.07, 6.45) is 3.07. The molecule has 9 nitrogen and oxygen atoms in total. The number of nitrogens with zero attached hydrogens (tertiary/aromatic N) is 6. The van der Waals surface area contributed by atoms with E-state index in [0.717, 1.165) is 22.8 Å². The number of rotatable bonds is 6. The van der Waals surface area contributed by atoms with Gasteiger partial charge in [-0.1, -0.05) is 29.8 Å². The number of hydrogen-bond donors (Lipinski definition) is 1. The molecule has 3 heterocycles. The molecule has 0 aliphatic rings. The molecule has 0 atom stereocenters. The highest BCUT2D eigenvalue weighted by Gasteiger charge is 2.12. The average molecular weight is 446 g/mol. The molecule has 0 unspecified atom stereocenters. The number of hydrogen-bond acceptors (Lipinski definition) is 7. The lowest BCUT2D eigenvalue weighted by Gasteiger charge is -2.08. The van der Waals surface area contributed by atoms with Gasteiger partial charge in [0.2, 0.25) is 0 Å². The molecule has 32 heavy (non-hydrogen) atoms. The second-order valence-electron chi connectivity index (χ2n) is 7.49. The number of carbonyl (C=O) groups is 1. The molecule has 0 spiro atoms. The van der Waals surface area contributed by atoms with Crippen LogP contribution < -0.4 is 10.9 Å². The van der Waals surface area contributed by atoms with Crippen molar-refractivity contribution in [3.63, 3.8) is 0 Å². The summed E-state index contributed by atoms with van der Waals surface area (Å²) in [7, 11) is 0. The van der Waals surface area contributed by atoms with E-state index in [1.54, 1.807) is 33.8 Å². The fourth-order valence-corrected chi connectivity index (χ4v) is 3.98. The first-order chi connectivity index (χ1) is 15.6. The highest BCUT2D eigenvalue weighted by atomic mass is 32.1. The predicted octanol–water partition coefficient (Wildman–Crippen LogP) is 2.38. The van der Waals surface area contributed by atoms with Crippen LogP contribution in [0.3, 0.4) is 0 Å². The largest absolute Gasteiger partial charge is 0.350 e. The minimum atomic E-state index is -0.204. The number of amides is 1. The Morgan fingerprint density at radius 3 is 2.75 bits per heavy atom. The molecular weight excluding hydrogens is 426 g/mol. The molecule has 0 saturated heterocycles. The van der Waals surface area contributed by atoms with Crippen LogP contribution in [0.4, 0.5) is 0 Å². The van der Waals surface area contributed by atoms with Crippen LogP contribution in [0.1, 0.15) is 21.5 Å². The monoisotopic (exact) mass is 445 g/mol. The molecule has 0 radical (unpaired) electrons.